The fourth-order valence-corrected chi connectivity index (χ4v) is 1.27. The van der Waals surface area contributed by atoms with Gasteiger partial charge in [-0.15, -0.1) is 5.10 Å². The van der Waals surface area contributed by atoms with Crippen LogP contribution in [0.1, 0.15) is 11.1 Å². The lowest BCUT2D eigenvalue weighted by molar-refractivity contribution is 0.540. The lowest BCUT2D eigenvalue weighted by Crippen LogP contribution is -1.96. The van der Waals surface area contributed by atoms with E-state index in [0.29, 0.717) is 6.41 Å². The van der Waals surface area contributed by atoms with Gasteiger partial charge in [0.25, 0.3) is 0 Å². The summed E-state index contributed by atoms with van der Waals surface area (Å²) >= 11 is 0. The largest absolute Gasteiger partial charge is 0.276 e. The van der Waals surface area contributed by atoms with Gasteiger partial charge in [0.05, 0.1) is 5.52 Å². The minimum absolute atomic E-state index is 0.657. The van der Waals surface area contributed by atoms with Crippen LogP contribution in [-0.2, 0) is 4.79 Å². The molecule has 0 saturated carbocycles. The zero-order valence-corrected chi connectivity index (χ0v) is 7.48. The van der Waals surface area contributed by atoms with Crippen molar-refractivity contribution in [2.45, 2.75) is 13.8 Å². The fraction of sp³-hybridized carbons (Fsp3) is 0.222. The maximum absolute atomic E-state index is 10.5. The topological polar surface area (TPSA) is 47.8 Å². The quantitative estimate of drug-likeness (QED) is 0.609. The zero-order valence-electron chi connectivity index (χ0n) is 7.48. The first-order valence-electron chi connectivity index (χ1n) is 4.00. The van der Waals surface area contributed by atoms with Crippen LogP contribution < -0.4 is 0 Å². The number of rotatable bonds is 1. The standard InChI is InChI=1S/C9H9N3O/c1-6-3-8-9(4-7(6)2)12(5-13)11-10-8/h3-5H,1-2H3. The van der Waals surface area contributed by atoms with Gasteiger partial charge in [0.2, 0.25) is 6.41 Å². The Labute approximate surface area is 75.2 Å². The SMILES string of the molecule is Cc1cc2nnn(C=O)c2cc1C. The number of hydrogen-bond acceptors (Lipinski definition) is 3. The minimum Gasteiger partial charge on any atom is -0.276 e. The van der Waals surface area contributed by atoms with Crippen LogP contribution in [0.2, 0.25) is 0 Å². The van der Waals surface area contributed by atoms with E-state index < -0.39 is 0 Å². The van der Waals surface area contributed by atoms with Gasteiger partial charge in [0.1, 0.15) is 5.52 Å². The molecule has 0 amide bonds. The number of aromatic nitrogens is 3. The average Bonchev–Trinajstić information content (AvgIpc) is 2.48. The summed E-state index contributed by atoms with van der Waals surface area (Å²) in [5.41, 5.74) is 3.82. The second-order valence-electron chi connectivity index (χ2n) is 3.06. The van der Waals surface area contributed by atoms with E-state index in [1.54, 1.807) is 0 Å². The van der Waals surface area contributed by atoms with Gasteiger partial charge in [0, 0.05) is 0 Å². The van der Waals surface area contributed by atoms with Gasteiger partial charge in [-0.05, 0) is 37.1 Å². The molecule has 0 aliphatic heterocycles. The molecule has 0 fully saturated rings. The smallest absolute Gasteiger partial charge is 0.236 e. The molecule has 0 atom stereocenters. The van der Waals surface area contributed by atoms with Crippen LogP contribution in [0.15, 0.2) is 12.1 Å². The molecule has 66 valence electrons. The molecule has 0 bridgehead atoms. The van der Waals surface area contributed by atoms with Crippen molar-refractivity contribution in [2.24, 2.45) is 0 Å². The third-order valence-corrected chi connectivity index (χ3v) is 2.19. The van der Waals surface area contributed by atoms with Crippen molar-refractivity contribution in [3.8, 4) is 0 Å². The van der Waals surface area contributed by atoms with Crippen LogP contribution in [0.4, 0.5) is 0 Å². The van der Waals surface area contributed by atoms with E-state index in [0.717, 1.165) is 22.2 Å². The molecule has 0 spiro atoms. The Morgan fingerprint density at radius 3 is 2.69 bits per heavy atom. The number of aryl methyl sites for hydroxylation is 2. The third kappa shape index (κ3) is 1.11. The van der Waals surface area contributed by atoms with Gasteiger partial charge in [-0.3, -0.25) is 4.79 Å². The summed E-state index contributed by atoms with van der Waals surface area (Å²) in [5.74, 6) is 0. The van der Waals surface area contributed by atoms with E-state index in [1.807, 2.05) is 26.0 Å². The van der Waals surface area contributed by atoms with E-state index in [2.05, 4.69) is 10.3 Å². The van der Waals surface area contributed by atoms with Crippen molar-refractivity contribution >= 4 is 17.4 Å². The van der Waals surface area contributed by atoms with E-state index in [4.69, 9.17) is 0 Å². The molecule has 1 aromatic carbocycles. The summed E-state index contributed by atoms with van der Waals surface area (Å²) in [5, 5.41) is 7.57. The Balaban J connectivity index is 2.84. The number of carbonyl (C=O) groups excluding carboxylic acids is 1. The second kappa shape index (κ2) is 2.65. The Kier molecular flexibility index (Phi) is 1.62. The van der Waals surface area contributed by atoms with Crippen molar-refractivity contribution in [1.29, 1.82) is 0 Å². The Morgan fingerprint density at radius 1 is 1.31 bits per heavy atom. The highest BCUT2D eigenvalue weighted by atomic mass is 16.1. The molecule has 1 heterocycles. The molecular weight excluding hydrogens is 166 g/mol. The van der Waals surface area contributed by atoms with Gasteiger partial charge in [-0.1, -0.05) is 5.21 Å². The van der Waals surface area contributed by atoms with Gasteiger partial charge >= 0.3 is 0 Å². The molecule has 0 N–H and O–H groups in total. The summed E-state index contributed by atoms with van der Waals surface area (Å²) in [6.07, 6.45) is 0.657. The first kappa shape index (κ1) is 7.91. The summed E-state index contributed by atoms with van der Waals surface area (Å²) in [4.78, 5) is 10.5. The van der Waals surface area contributed by atoms with Gasteiger partial charge in [-0.25, -0.2) is 0 Å². The molecule has 2 rings (SSSR count). The molecule has 0 aliphatic carbocycles. The lowest BCUT2D eigenvalue weighted by Gasteiger charge is -1.98. The van der Waals surface area contributed by atoms with Crippen molar-refractivity contribution in [3.63, 3.8) is 0 Å². The van der Waals surface area contributed by atoms with E-state index in [9.17, 15) is 4.79 Å². The molecule has 0 aliphatic rings. The van der Waals surface area contributed by atoms with Crippen LogP contribution in [0.5, 0.6) is 0 Å². The highest BCUT2D eigenvalue weighted by molar-refractivity contribution is 5.81. The predicted molar refractivity (Wildman–Crippen MR) is 49.2 cm³/mol. The molecule has 2 aromatic rings. The average molecular weight is 175 g/mol. The van der Waals surface area contributed by atoms with Crippen LogP contribution in [-0.4, -0.2) is 21.4 Å². The molecule has 4 nitrogen and oxygen atoms in total. The lowest BCUT2D eigenvalue weighted by atomic mass is 10.1. The minimum atomic E-state index is 0.657. The third-order valence-electron chi connectivity index (χ3n) is 2.19. The van der Waals surface area contributed by atoms with Crippen molar-refractivity contribution in [3.05, 3.63) is 23.3 Å². The van der Waals surface area contributed by atoms with Crippen LogP contribution in [0.25, 0.3) is 11.0 Å². The molecule has 0 radical (unpaired) electrons. The highest BCUT2D eigenvalue weighted by Gasteiger charge is 2.04. The molecule has 4 heteroatoms. The molecule has 13 heavy (non-hydrogen) atoms. The molecule has 0 unspecified atom stereocenters. The summed E-state index contributed by atoms with van der Waals surface area (Å²) in [6, 6.07) is 3.84. The van der Waals surface area contributed by atoms with E-state index in [1.165, 1.54) is 4.68 Å². The van der Waals surface area contributed by atoms with Crippen LogP contribution >= 0.6 is 0 Å². The molecular formula is C9H9N3O. The number of nitrogens with zero attached hydrogens (tertiary/aromatic N) is 3. The Morgan fingerprint density at radius 2 is 2.00 bits per heavy atom. The number of hydrogen-bond donors (Lipinski definition) is 0. The Hall–Kier alpha value is -1.71. The van der Waals surface area contributed by atoms with E-state index in [-0.39, 0.29) is 0 Å². The summed E-state index contributed by atoms with van der Waals surface area (Å²) in [6.45, 7) is 4.01. The fourth-order valence-electron chi connectivity index (χ4n) is 1.27. The van der Waals surface area contributed by atoms with Crippen LogP contribution in [0, 0.1) is 13.8 Å². The first-order valence-corrected chi connectivity index (χ1v) is 4.00. The van der Waals surface area contributed by atoms with Crippen molar-refractivity contribution in [2.75, 3.05) is 0 Å². The highest BCUT2D eigenvalue weighted by Crippen LogP contribution is 2.15. The monoisotopic (exact) mass is 175 g/mol. The van der Waals surface area contributed by atoms with Crippen molar-refractivity contribution < 1.29 is 4.79 Å². The molecule has 0 saturated heterocycles. The maximum Gasteiger partial charge on any atom is 0.236 e. The van der Waals surface area contributed by atoms with Gasteiger partial charge < -0.3 is 0 Å². The van der Waals surface area contributed by atoms with Gasteiger partial charge in [-0.2, -0.15) is 4.68 Å². The van der Waals surface area contributed by atoms with Crippen molar-refractivity contribution in [1.82, 2.24) is 15.0 Å². The van der Waals surface area contributed by atoms with Gasteiger partial charge in [0.15, 0.2) is 0 Å². The summed E-state index contributed by atoms with van der Waals surface area (Å²) in [7, 11) is 0. The molecule has 1 aromatic heterocycles. The second-order valence-corrected chi connectivity index (χ2v) is 3.06. The number of benzene rings is 1. The Bertz CT molecular complexity index is 473. The zero-order chi connectivity index (χ0) is 9.42. The normalized spacial score (nSPS) is 10.6. The number of carbonyl (C=O) groups is 1. The number of fused-ring (bicyclic) bond motifs is 1. The maximum atomic E-state index is 10.5. The van der Waals surface area contributed by atoms with E-state index >= 15 is 0 Å². The predicted octanol–water partition coefficient (Wildman–Crippen LogP) is 1.09. The summed E-state index contributed by atoms with van der Waals surface area (Å²) < 4.78 is 1.24. The van der Waals surface area contributed by atoms with Crippen LogP contribution in [0.3, 0.4) is 0 Å². The first-order chi connectivity index (χ1) is 6.22.